The molecule has 0 spiro atoms. The second-order valence-corrected chi connectivity index (χ2v) is 4.41. The van der Waals surface area contributed by atoms with Crippen LogP contribution in [0.2, 0.25) is 0 Å². The van der Waals surface area contributed by atoms with Gasteiger partial charge >= 0.3 is 0 Å². The topological polar surface area (TPSA) is 29.9 Å². The first-order valence-electron chi connectivity index (χ1n) is 6.59. The summed E-state index contributed by atoms with van der Waals surface area (Å²) in [7, 11) is 0. The number of nitrogens with zero attached hydrogens (tertiary/aromatic N) is 2. The molecule has 3 nitrogen and oxygen atoms in total. The van der Waals surface area contributed by atoms with Crippen LogP contribution < -0.4 is 5.32 Å². The Labute approximate surface area is 99.2 Å². The number of hydrogen-bond donors (Lipinski definition) is 1. The predicted molar refractivity (Wildman–Crippen MR) is 69.7 cm³/mol. The van der Waals surface area contributed by atoms with Crippen LogP contribution in [0.25, 0.3) is 0 Å². The van der Waals surface area contributed by atoms with Crippen LogP contribution in [0.5, 0.6) is 0 Å². The van der Waals surface area contributed by atoms with Crippen molar-refractivity contribution in [2.24, 2.45) is 0 Å². The lowest BCUT2D eigenvalue weighted by Gasteiger charge is -2.16. The quantitative estimate of drug-likeness (QED) is 0.728. The Morgan fingerprint density at radius 3 is 2.44 bits per heavy atom. The molecule has 1 rings (SSSR count). The van der Waals surface area contributed by atoms with Crippen LogP contribution in [0.3, 0.4) is 0 Å². The number of anilines is 1. The number of aromatic nitrogens is 2. The summed E-state index contributed by atoms with van der Waals surface area (Å²) in [5.41, 5.74) is 1.17. The third-order valence-corrected chi connectivity index (χ3v) is 2.73. The van der Waals surface area contributed by atoms with Crippen molar-refractivity contribution in [3.63, 3.8) is 0 Å². The predicted octanol–water partition coefficient (Wildman–Crippen LogP) is 3.67. The van der Waals surface area contributed by atoms with E-state index in [1.807, 2.05) is 10.9 Å². The zero-order chi connectivity index (χ0) is 11.8. The molecule has 0 aliphatic carbocycles. The van der Waals surface area contributed by atoms with E-state index in [4.69, 9.17) is 0 Å². The minimum absolute atomic E-state index is 0.606. The summed E-state index contributed by atoms with van der Waals surface area (Å²) in [6, 6.07) is 0.606. The average molecular weight is 223 g/mol. The molecule has 0 amide bonds. The molecule has 1 aromatic rings. The molecule has 1 N–H and O–H groups in total. The van der Waals surface area contributed by atoms with Gasteiger partial charge in [0.25, 0.3) is 0 Å². The minimum Gasteiger partial charge on any atom is -0.380 e. The molecular weight excluding hydrogens is 198 g/mol. The highest BCUT2D eigenvalue weighted by molar-refractivity contribution is 5.39. The standard InChI is InChI=1S/C13H25N3/c1-4-7-12(8-5-2)15-13-10-14-16(11-13)9-6-3/h10-12,15H,4-9H2,1-3H3. The number of rotatable bonds is 8. The van der Waals surface area contributed by atoms with Gasteiger partial charge in [0.05, 0.1) is 11.9 Å². The van der Waals surface area contributed by atoms with Gasteiger partial charge in [-0.25, -0.2) is 0 Å². The van der Waals surface area contributed by atoms with Crippen LogP contribution in [0.4, 0.5) is 5.69 Å². The molecule has 16 heavy (non-hydrogen) atoms. The molecule has 0 atom stereocenters. The summed E-state index contributed by atoms with van der Waals surface area (Å²) in [4.78, 5) is 0. The lowest BCUT2D eigenvalue weighted by molar-refractivity contribution is 0.585. The zero-order valence-electron chi connectivity index (χ0n) is 10.9. The Balaban J connectivity index is 2.48. The van der Waals surface area contributed by atoms with Crippen molar-refractivity contribution in [1.82, 2.24) is 9.78 Å². The Kier molecular flexibility index (Phi) is 5.98. The molecule has 0 aliphatic rings. The van der Waals surface area contributed by atoms with Gasteiger partial charge in [0.15, 0.2) is 0 Å². The highest BCUT2D eigenvalue weighted by atomic mass is 15.3. The molecule has 0 fully saturated rings. The van der Waals surface area contributed by atoms with E-state index in [0.29, 0.717) is 6.04 Å². The third kappa shape index (κ3) is 4.25. The fourth-order valence-corrected chi connectivity index (χ4v) is 2.01. The van der Waals surface area contributed by atoms with Gasteiger partial charge in [-0.15, -0.1) is 0 Å². The first-order chi connectivity index (χ1) is 7.80. The van der Waals surface area contributed by atoms with E-state index in [-0.39, 0.29) is 0 Å². The second kappa shape index (κ2) is 7.31. The fraction of sp³-hybridized carbons (Fsp3) is 0.769. The third-order valence-electron chi connectivity index (χ3n) is 2.73. The molecule has 1 aromatic heterocycles. The lowest BCUT2D eigenvalue weighted by Crippen LogP contribution is -2.18. The van der Waals surface area contributed by atoms with Crippen LogP contribution in [0, 0.1) is 0 Å². The molecular formula is C13H25N3. The zero-order valence-corrected chi connectivity index (χ0v) is 10.9. The minimum atomic E-state index is 0.606. The van der Waals surface area contributed by atoms with Crippen molar-refractivity contribution >= 4 is 5.69 Å². The molecule has 0 saturated heterocycles. The molecule has 0 saturated carbocycles. The Morgan fingerprint density at radius 1 is 1.19 bits per heavy atom. The van der Waals surface area contributed by atoms with Crippen molar-refractivity contribution in [2.45, 2.75) is 65.5 Å². The highest BCUT2D eigenvalue weighted by Gasteiger charge is 2.07. The van der Waals surface area contributed by atoms with Crippen LogP contribution >= 0.6 is 0 Å². The maximum atomic E-state index is 4.33. The molecule has 92 valence electrons. The van der Waals surface area contributed by atoms with Gasteiger partial charge in [0.1, 0.15) is 0 Å². The molecule has 0 radical (unpaired) electrons. The number of hydrogen-bond acceptors (Lipinski definition) is 2. The van der Waals surface area contributed by atoms with Crippen LogP contribution in [0.1, 0.15) is 52.9 Å². The molecule has 0 bridgehead atoms. The fourth-order valence-electron chi connectivity index (χ4n) is 2.01. The average Bonchev–Trinajstić information content (AvgIpc) is 2.67. The Morgan fingerprint density at radius 2 is 1.88 bits per heavy atom. The van der Waals surface area contributed by atoms with Gasteiger partial charge in [-0.1, -0.05) is 33.6 Å². The van der Waals surface area contributed by atoms with Gasteiger partial charge in [0, 0.05) is 18.8 Å². The van der Waals surface area contributed by atoms with E-state index >= 15 is 0 Å². The van der Waals surface area contributed by atoms with Crippen molar-refractivity contribution in [2.75, 3.05) is 5.32 Å². The van der Waals surface area contributed by atoms with Gasteiger partial charge in [-0.3, -0.25) is 4.68 Å². The normalized spacial score (nSPS) is 11.0. The van der Waals surface area contributed by atoms with E-state index in [0.717, 1.165) is 13.0 Å². The van der Waals surface area contributed by atoms with E-state index in [1.54, 1.807) is 0 Å². The van der Waals surface area contributed by atoms with E-state index in [9.17, 15) is 0 Å². The van der Waals surface area contributed by atoms with Gasteiger partial charge < -0.3 is 5.32 Å². The summed E-state index contributed by atoms with van der Waals surface area (Å²) >= 11 is 0. The van der Waals surface area contributed by atoms with E-state index in [2.05, 4.69) is 37.4 Å². The molecule has 0 unspecified atom stereocenters. The lowest BCUT2D eigenvalue weighted by atomic mass is 10.1. The largest absolute Gasteiger partial charge is 0.380 e. The molecule has 0 aliphatic heterocycles. The maximum absolute atomic E-state index is 4.33. The summed E-state index contributed by atoms with van der Waals surface area (Å²) in [6.45, 7) is 7.66. The Hall–Kier alpha value is -0.990. The van der Waals surface area contributed by atoms with Gasteiger partial charge in [-0.2, -0.15) is 5.10 Å². The summed E-state index contributed by atoms with van der Waals surface area (Å²) in [6.07, 6.45) is 10.1. The number of nitrogens with one attached hydrogen (secondary N) is 1. The SMILES string of the molecule is CCCC(CCC)Nc1cnn(CCC)c1. The summed E-state index contributed by atoms with van der Waals surface area (Å²) in [5, 5.41) is 7.91. The molecule has 0 aromatic carbocycles. The second-order valence-electron chi connectivity index (χ2n) is 4.41. The summed E-state index contributed by atoms with van der Waals surface area (Å²) < 4.78 is 2.01. The van der Waals surface area contributed by atoms with Gasteiger partial charge in [-0.05, 0) is 19.3 Å². The number of aryl methyl sites for hydroxylation is 1. The Bertz CT molecular complexity index is 274. The van der Waals surface area contributed by atoms with Crippen molar-refractivity contribution in [3.8, 4) is 0 Å². The van der Waals surface area contributed by atoms with Crippen molar-refractivity contribution < 1.29 is 0 Å². The van der Waals surface area contributed by atoms with E-state index in [1.165, 1.54) is 31.4 Å². The summed E-state index contributed by atoms with van der Waals surface area (Å²) in [5.74, 6) is 0. The van der Waals surface area contributed by atoms with Crippen molar-refractivity contribution in [1.29, 1.82) is 0 Å². The van der Waals surface area contributed by atoms with Gasteiger partial charge in [0.2, 0.25) is 0 Å². The highest BCUT2D eigenvalue weighted by Crippen LogP contribution is 2.13. The van der Waals surface area contributed by atoms with Crippen LogP contribution in [-0.4, -0.2) is 15.8 Å². The first-order valence-corrected chi connectivity index (χ1v) is 6.59. The first kappa shape index (κ1) is 13.1. The van der Waals surface area contributed by atoms with Crippen molar-refractivity contribution in [3.05, 3.63) is 12.4 Å². The molecule has 1 heterocycles. The smallest absolute Gasteiger partial charge is 0.0728 e. The van der Waals surface area contributed by atoms with E-state index < -0.39 is 0 Å². The van der Waals surface area contributed by atoms with Crippen LogP contribution in [0.15, 0.2) is 12.4 Å². The molecule has 3 heteroatoms. The van der Waals surface area contributed by atoms with Crippen LogP contribution in [-0.2, 0) is 6.54 Å². The maximum Gasteiger partial charge on any atom is 0.0728 e. The monoisotopic (exact) mass is 223 g/mol.